The number of amides is 1. The van der Waals surface area contributed by atoms with Crippen LogP contribution >= 0.6 is 11.8 Å². The van der Waals surface area contributed by atoms with Crippen molar-refractivity contribution in [3.63, 3.8) is 0 Å². The van der Waals surface area contributed by atoms with Gasteiger partial charge in [0.05, 0.1) is 5.92 Å². The third-order valence-corrected chi connectivity index (χ3v) is 8.09. The minimum atomic E-state index is -0.988. The molecule has 6 rings (SSSR count). The number of benzene rings is 3. The largest absolute Gasteiger partial charge is 0.324 e. The molecule has 1 amide bonds. The summed E-state index contributed by atoms with van der Waals surface area (Å²) in [5, 5.41) is 3.11. The molecule has 0 aliphatic carbocycles. The summed E-state index contributed by atoms with van der Waals surface area (Å²) in [5.41, 5.74) is 2.56. The topological polar surface area (TPSA) is 49.4 Å². The van der Waals surface area contributed by atoms with Gasteiger partial charge in [0.1, 0.15) is 5.54 Å². The SMILES string of the molecule is O=C(c1ccccc1)[C@H]1[C@@H](c2ccccc2)[C@H]2CSCN2[C@@]12C(=O)Nc1ccccc12. The van der Waals surface area contributed by atoms with Crippen molar-refractivity contribution in [3.8, 4) is 0 Å². The zero-order valence-corrected chi connectivity index (χ0v) is 17.7. The van der Waals surface area contributed by atoms with Crippen LogP contribution in [0.2, 0.25) is 0 Å². The van der Waals surface area contributed by atoms with E-state index in [1.54, 1.807) is 0 Å². The highest BCUT2D eigenvalue weighted by atomic mass is 32.2. The Bertz CT molecular complexity index is 1170. The summed E-state index contributed by atoms with van der Waals surface area (Å²) >= 11 is 1.85. The number of rotatable bonds is 3. The fourth-order valence-electron chi connectivity index (χ4n) is 5.86. The van der Waals surface area contributed by atoms with Crippen LogP contribution in [0.25, 0.3) is 0 Å². The Labute approximate surface area is 185 Å². The van der Waals surface area contributed by atoms with E-state index in [4.69, 9.17) is 0 Å². The average molecular weight is 427 g/mol. The standard InChI is InChI=1S/C26H22N2O2S/c29-24(18-11-5-2-6-12-18)23-22(17-9-3-1-4-10-17)21-15-31-16-28(21)26(23)19-13-7-8-14-20(19)27-25(26)30/h1-14,21-23H,15-16H2,(H,27,30)/t21-,22+,23-,26-/m1/s1. The predicted molar refractivity (Wildman–Crippen MR) is 123 cm³/mol. The summed E-state index contributed by atoms with van der Waals surface area (Å²) in [6.45, 7) is 0. The molecule has 1 N–H and O–H groups in total. The van der Waals surface area contributed by atoms with Gasteiger partial charge in [-0.3, -0.25) is 14.5 Å². The van der Waals surface area contributed by atoms with Gasteiger partial charge >= 0.3 is 0 Å². The maximum atomic E-state index is 14.2. The van der Waals surface area contributed by atoms with Crippen LogP contribution in [-0.2, 0) is 10.3 Å². The van der Waals surface area contributed by atoms with E-state index in [1.165, 1.54) is 0 Å². The Morgan fingerprint density at radius 2 is 1.61 bits per heavy atom. The lowest BCUT2D eigenvalue weighted by Gasteiger charge is -2.36. The van der Waals surface area contributed by atoms with E-state index in [0.717, 1.165) is 28.4 Å². The molecule has 2 saturated heterocycles. The van der Waals surface area contributed by atoms with E-state index in [2.05, 4.69) is 22.3 Å². The Balaban J connectivity index is 1.62. The second kappa shape index (κ2) is 7.08. The number of fused-ring (bicyclic) bond motifs is 4. The molecule has 3 aromatic rings. The molecule has 4 atom stereocenters. The number of ketones is 1. The molecule has 3 aliphatic heterocycles. The predicted octanol–water partition coefficient (Wildman–Crippen LogP) is 4.51. The first kappa shape index (κ1) is 18.8. The first-order chi connectivity index (χ1) is 15.2. The van der Waals surface area contributed by atoms with Crippen LogP contribution in [-0.4, -0.2) is 34.3 Å². The normalized spacial score (nSPS) is 29.0. The molecule has 3 aliphatic rings. The monoisotopic (exact) mass is 426 g/mol. The number of hydrogen-bond acceptors (Lipinski definition) is 4. The van der Waals surface area contributed by atoms with E-state index in [0.29, 0.717) is 5.56 Å². The minimum Gasteiger partial charge on any atom is -0.324 e. The number of Topliss-reactive ketones (excluding diaryl/α,β-unsaturated/α-hetero) is 1. The quantitative estimate of drug-likeness (QED) is 0.627. The third-order valence-electron chi connectivity index (χ3n) is 7.05. The zero-order chi connectivity index (χ0) is 21.0. The molecule has 31 heavy (non-hydrogen) atoms. The maximum absolute atomic E-state index is 14.2. The van der Waals surface area contributed by atoms with Crippen LogP contribution in [0.3, 0.4) is 0 Å². The molecular weight excluding hydrogens is 404 g/mol. The number of carbonyl (C=O) groups is 2. The summed E-state index contributed by atoms with van der Waals surface area (Å²) in [6.07, 6.45) is 0. The van der Waals surface area contributed by atoms with Crippen molar-refractivity contribution in [2.45, 2.75) is 17.5 Å². The number of carbonyl (C=O) groups excluding carboxylic acids is 2. The molecular formula is C26H22N2O2S. The maximum Gasteiger partial charge on any atom is 0.250 e. The van der Waals surface area contributed by atoms with E-state index in [9.17, 15) is 9.59 Å². The van der Waals surface area contributed by atoms with Crippen molar-refractivity contribution in [2.24, 2.45) is 5.92 Å². The lowest BCUT2D eigenvalue weighted by molar-refractivity contribution is -0.127. The number of nitrogens with zero attached hydrogens (tertiary/aromatic N) is 1. The van der Waals surface area contributed by atoms with E-state index < -0.39 is 11.5 Å². The summed E-state index contributed by atoms with van der Waals surface area (Å²) in [6, 6.07) is 27.7. The van der Waals surface area contributed by atoms with E-state index in [-0.39, 0.29) is 23.7 Å². The number of nitrogens with one attached hydrogen (secondary N) is 1. The van der Waals surface area contributed by atoms with Crippen molar-refractivity contribution in [3.05, 3.63) is 102 Å². The number of hydrogen-bond donors (Lipinski definition) is 1. The molecule has 0 bridgehead atoms. The van der Waals surface area contributed by atoms with Gasteiger partial charge in [0.25, 0.3) is 0 Å². The zero-order valence-electron chi connectivity index (χ0n) is 16.9. The molecule has 5 heteroatoms. The number of thioether (sulfide) groups is 1. The van der Waals surface area contributed by atoms with Gasteiger partial charge in [-0.15, -0.1) is 11.8 Å². The van der Waals surface area contributed by atoms with Crippen LogP contribution in [0, 0.1) is 5.92 Å². The summed E-state index contributed by atoms with van der Waals surface area (Å²) < 4.78 is 0. The Kier molecular flexibility index (Phi) is 4.30. The van der Waals surface area contributed by atoms with Gasteiger partial charge in [-0.2, -0.15) is 0 Å². The summed E-state index contributed by atoms with van der Waals surface area (Å²) in [7, 11) is 0. The number of anilines is 1. The van der Waals surface area contributed by atoms with Gasteiger partial charge in [-0.05, 0) is 11.6 Å². The highest BCUT2D eigenvalue weighted by molar-refractivity contribution is 7.99. The van der Waals surface area contributed by atoms with Gasteiger partial charge in [0.2, 0.25) is 5.91 Å². The Morgan fingerprint density at radius 1 is 0.935 bits per heavy atom. The molecule has 0 unspecified atom stereocenters. The van der Waals surface area contributed by atoms with Crippen LogP contribution in [0.1, 0.15) is 27.4 Å². The Morgan fingerprint density at radius 3 is 2.39 bits per heavy atom. The van der Waals surface area contributed by atoms with Crippen molar-refractivity contribution in [1.82, 2.24) is 4.90 Å². The lowest BCUT2D eigenvalue weighted by Crippen LogP contribution is -2.52. The fourth-order valence-corrected chi connectivity index (χ4v) is 7.19. The first-order valence-electron chi connectivity index (χ1n) is 10.6. The molecule has 3 aromatic carbocycles. The van der Waals surface area contributed by atoms with Crippen molar-refractivity contribution in [2.75, 3.05) is 16.9 Å². The molecule has 4 nitrogen and oxygen atoms in total. The highest BCUT2D eigenvalue weighted by Crippen LogP contribution is 2.61. The van der Waals surface area contributed by atoms with Crippen molar-refractivity contribution in [1.29, 1.82) is 0 Å². The highest BCUT2D eigenvalue weighted by Gasteiger charge is 2.69. The molecule has 3 heterocycles. The van der Waals surface area contributed by atoms with Crippen molar-refractivity contribution >= 4 is 29.1 Å². The molecule has 0 radical (unpaired) electrons. The van der Waals surface area contributed by atoms with Crippen LogP contribution in [0.5, 0.6) is 0 Å². The Hall–Kier alpha value is -2.89. The van der Waals surface area contributed by atoms with Gasteiger partial charge < -0.3 is 5.32 Å². The molecule has 154 valence electrons. The van der Waals surface area contributed by atoms with Crippen molar-refractivity contribution < 1.29 is 9.59 Å². The van der Waals surface area contributed by atoms with Crippen LogP contribution in [0.4, 0.5) is 5.69 Å². The van der Waals surface area contributed by atoms with Crippen LogP contribution < -0.4 is 5.32 Å². The molecule has 1 spiro atoms. The second-order valence-electron chi connectivity index (χ2n) is 8.45. The second-order valence-corrected chi connectivity index (χ2v) is 9.45. The molecule has 0 aromatic heterocycles. The molecule has 0 saturated carbocycles. The van der Waals surface area contributed by atoms with Gasteiger partial charge in [0, 0.05) is 40.4 Å². The lowest BCUT2D eigenvalue weighted by atomic mass is 9.69. The summed E-state index contributed by atoms with van der Waals surface area (Å²) in [4.78, 5) is 30.3. The van der Waals surface area contributed by atoms with Gasteiger partial charge in [0.15, 0.2) is 5.78 Å². The van der Waals surface area contributed by atoms with E-state index >= 15 is 0 Å². The van der Waals surface area contributed by atoms with Crippen LogP contribution in [0.15, 0.2) is 84.9 Å². The smallest absolute Gasteiger partial charge is 0.250 e. The van der Waals surface area contributed by atoms with Gasteiger partial charge in [-0.1, -0.05) is 78.9 Å². The van der Waals surface area contributed by atoms with Gasteiger partial charge in [-0.25, -0.2) is 0 Å². The molecule has 2 fully saturated rings. The minimum absolute atomic E-state index is 0.0423. The summed E-state index contributed by atoms with van der Waals surface area (Å²) in [5.74, 6) is 1.08. The first-order valence-corrected chi connectivity index (χ1v) is 11.8. The van der Waals surface area contributed by atoms with E-state index in [1.807, 2.05) is 84.6 Å². The fraction of sp³-hybridized carbons (Fsp3) is 0.231. The number of para-hydroxylation sites is 1. The average Bonchev–Trinajstić information content (AvgIpc) is 3.48. The third kappa shape index (κ3) is 2.54.